The molecule has 2 aromatic carbocycles. The zero-order chi connectivity index (χ0) is 13.3. The lowest BCUT2D eigenvalue weighted by molar-refractivity contribution is 0.1000. The number of carbonyl (C=O) groups is 1. The minimum Gasteiger partial charge on any atom is -0.507 e. The van der Waals surface area contributed by atoms with Gasteiger partial charge in [0.05, 0.1) is 0 Å². The van der Waals surface area contributed by atoms with E-state index in [1.54, 1.807) is 0 Å². The molecule has 92 valence electrons. The van der Waals surface area contributed by atoms with Gasteiger partial charge in [0.1, 0.15) is 17.4 Å². The summed E-state index contributed by atoms with van der Waals surface area (Å²) in [5.74, 6) is -2.34. The van der Waals surface area contributed by atoms with Crippen LogP contribution in [0.2, 0.25) is 0 Å². The number of phenols is 1. The average Bonchev–Trinajstić information content (AvgIpc) is 2.32. The molecule has 0 aliphatic rings. The Morgan fingerprint density at radius 2 is 1.78 bits per heavy atom. The van der Waals surface area contributed by atoms with Crippen molar-refractivity contribution in [2.45, 2.75) is 0 Å². The van der Waals surface area contributed by atoms with Crippen LogP contribution in [-0.2, 0) is 0 Å². The fourth-order valence-electron chi connectivity index (χ4n) is 1.62. The van der Waals surface area contributed by atoms with Crippen molar-refractivity contribution in [3.8, 4) is 16.9 Å². The number of benzene rings is 2. The summed E-state index contributed by atoms with van der Waals surface area (Å²) in [5, 5.41) is 9.71. The monoisotopic (exact) mass is 249 g/mol. The van der Waals surface area contributed by atoms with Crippen LogP contribution in [0.4, 0.5) is 8.78 Å². The standard InChI is InChI=1S/C13H9F2NO2/c14-8-2-4-11(15)10(6-8)9-3-1-7(13(16)18)5-12(9)17/h1-6,17H,(H2,16,18). The third-order valence-electron chi connectivity index (χ3n) is 2.50. The number of phenolic OH excluding ortho intramolecular Hbond substituents is 1. The Balaban J connectivity index is 2.58. The molecule has 18 heavy (non-hydrogen) atoms. The highest BCUT2D eigenvalue weighted by atomic mass is 19.1. The number of hydrogen-bond acceptors (Lipinski definition) is 2. The molecule has 3 N–H and O–H groups in total. The predicted octanol–water partition coefficient (Wildman–Crippen LogP) is 2.44. The topological polar surface area (TPSA) is 63.3 Å². The van der Waals surface area contributed by atoms with E-state index in [1.807, 2.05) is 0 Å². The van der Waals surface area contributed by atoms with Gasteiger partial charge in [0, 0.05) is 16.7 Å². The average molecular weight is 249 g/mol. The van der Waals surface area contributed by atoms with Gasteiger partial charge in [-0.1, -0.05) is 0 Å². The van der Waals surface area contributed by atoms with Crippen molar-refractivity contribution in [1.82, 2.24) is 0 Å². The van der Waals surface area contributed by atoms with Gasteiger partial charge in [0.25, 0.3) is 0 Å². The fraction of sp³-hybridized carbons (Fsp3) is 0. The molecule has 0 aliphatic carbocycles. The predicted molar refractivity (Wildman–Crippen MR) is 62.0 cm³/mol. The number of rotatable bonds is 2. The van der Waals surface area contributed by atoms with Crippen LogP contribution in [0.25, 0.3) is 11.1 Å². The molecule has 1 amide bonds. The lowest BCUT2D eigenvalue weighted by atomic mass is 10.0. The van der Waals surface area contributed by atoms with Crippen LogP contribution >= 0.6 is 0 Å². The van der Waals surface area contributed by atoms with E-state index < -0.39 is 17.5 Å². The zero-order valence-corrected chi connectivity index (χ0v) is 9.15. The van der Waals surface area contributed by atoms with Crippen molar-refractivity contribution >= 4 is 5.91 Å². The first-order valence-electron chi connectivity index (χ1n) is 5.07. The summed E-state index contributed by atoms with van der Waals surface area (Å²) in [7, 11) is 0. The van der Waals surface area contributed by atoms with E-state index in [1.165, 1.54) is 12.1 Å². The van der Waals surface area contributed by atoms with Gasteiger partial charge in [-0.3, -0.25) is 4.79 Å². The molecule has 0 aliphatic heterocycles. The highest BCUT2D eigenvalue weighted by Crippen LogP contribution is 2.32. The molecular weight excluding hydrogens is 240 g/mol. The lowest BCUT2D eigenvalue weighted by Gasteiger charge is -2.07. The van der Waals surface area contributed by atoms with Crippen LogP contribution in [-0.4, -0.2) is 11.0 Å². The maximum absolute atomic E-state index is 13.5. The molecule has 5 heteroatoms. The Morgan fingerprint density at radius 1 is 1.06 bits per heavy atom. The molecule has 3 nitrogen and oxygen atoms in total. The van der Waals surface area contributed by atoms with Gasteiger partial charge in [-0.25, -0.2) is 8.78 Å². The fourth-order valence-corrected chi connectivity index (χ4v) is 1.62. The highest BCUT2D eigenvalue weighted by Gasteiger charge is 2.12. The van der Waals surface area contributed by atoms with Gasteiger partial charge in [0.2, 0.25) is 5.91 Å². The van der Waals surface area contributed by atoms with Crippen molar-refractivity contribution in [1.29, 1.82) is 0 Å². The molecule has 0 saturated carbocycles. The molecule has 0 atom stereocenters. The third-order valence-corrected chi connectivity index (χ3v) is 2.50. The number of aromatic hydroxyl groups is 1. The Bertz CT molecular complexity index is 626. The molecule has 0 heterocycles. The van der Waals surface area contributed by atoms with Gasteiger partial charge >= 0.3 is 0 Å². The van der Waals surface area contributed by atoms with Crippen molar-refractivity contribution < 1.29 is 18.7 Å². The summed E-state index contributed by atoms with van der Waals surface area (Å²) in [6.45, 7) is 0. The second-order valence-electron chi connectivity index (χ2n) is 3.72. The molecule has 0 bridgehead atoms. The Labute approximate surface area is 101 Å². The normalized spacial score (nSPS) is 10.3. The van der Waals surface area contributed by atoms with Crippen molar-refractivity contribution in [2.24, 2.45) is 5.73 Å². The molecular formula is C13H9F2NO2. The minimum atomic E-state index is -0.712. The summed E-state index contributed by atoms with van der Waals surface area (Å²) in [5.41, 5.74) is 5.15. The summed E-state index contributed by atoms with van der Waals surface area (Å²) in [6, 6.07) is 6.67. The van der Waals surface area contributed by atoms with Crippen LogP contribution in [0.15, 0.2) is 36.4 Å². The van der Waals surface area contributed by atoms with E-state index in [0.29, 0.717) is 0 Å². The minimum absolute atomic E-state index is 0.0801. The Morgan fingerprint density at radius 3 is 2.39 bits per heavy atom. The first-order valence-corrected chi connectivity index (χ1v) is 5.07. The molecule has 2 aromatic rings. The van der Waals surface area contributed by atoms with Crippen LogP contribution in [0.5, 0.6) is 5.75 Å². The number of halogens is 2. The van der Waals surface area contributed by atoms with Gasteiger partial charge in [-0.15, -0.1) is 0 Å². The quantitative estimate of drug-likeness (QED) is 0.858. The van der Waals surface area contributed by atoms with Crippen molar-refractivity contribution in [2.75, 3.05) is 0 Å². The first kappa shape index (κ1) is 12.0. The number of nitrogens with two attached hydrogens (primary N) is 1. The summed E-state index contributed by atoms with van der Waals surface area (Å²) in [6.07, 6.45) is 0. The SMILES string of the molecule is NC(=O)c1ccc(-c2cc(F)ccc2F)c(O)c1. The van der Waals surface area contributed by atoms with Gasteiger partial charge in [0.15, 0.2) is 0 Å². The van der Waals surface area contributed by atoms with E-state index in [2.05, 4.69) is 0 Å². The summed E-state index contributed by atoms with van der Waals surface area (Å²) >= 11 is 0. The largest absolute Gasteiger partial charge is 0.507 e. The third kappa shape index (κ3) is 2.15. The van der Waals surface area contributed by atoms with Crippen molar-refractivity contribution in [3.05, 3.63) is 53.6 Å². The van der Waals surface area contributed by atoms with Crippen molar-refractivity contribution in [3.63, 3.8) is 0 Å². The molecule has 0 aromatic heterocycles. The second kappa shape index (κ2) is 4.44. The lowest BCUT2D eigenvalue weighted by Crippen LogP contribution is -2.10. The maximum Gasteiger partial charge on any atom is 0.248 e. The first-order chi connectivity index (χ1) is 8.49. The van der Waals surface area contributed by atoms with Crippen LogP contribution < -0.4 is 5.73 Å². The van der Waals surface area contributed by atoms with E-state index in [9.17, 15) is 18.7 Å². The highest BCUT2D eigenvalue weighted by molar-refractivity contribution is 5.94. The van der Waals surface area contributed by atoms with Crippen LogP contribution in [0, 0.1) is 11.6 Å². The smallest absolute Gasteiger partial charge is 0.248 e. The number of carbonyl (C=O) groups excluding carboxylic acids is 1. The number of primary amides is 1. The van der Waals surface area contributed by atoms with Crippen LogP contribution in [0.1, 0.15) is 10.4 Å². The molecule has 0 unspecified atom stereocenters. The van der Waals surface area contributed by atoms with Gasteiger partial charge < -0.3 is 10.8 Å². The molecule has 0 fully saturated rings. The molecule has 2 rings (SSSR count). The second-order valence-corrected chi connectivity index (χ2v) is 3.72. The Hall–Kier alpha value is -2.43. The van der Waals surface area contributed by atoms with Crippen LogP contribution in [0.3, 0.4) is 0 Å². The van der Waals surface area contributed by atoms with E-state index in [-0.39, 0.29) is 22.4 Å². The van der Waals surface area contributed by atoms with Gasteiger partial charge in [-0.2, -0.15) is 0 Å². The molecule has 0 spiro atoms. The molecule has 0 radical (unpaired) electrons. The summed E-state index contributed by atoms with van der Waals surface area (Å²) < 4.78 is 26.6. The van der Waals surface area contributed by atoms with Gasteiger partial charge in [-0.05, 0) is 36.4 Å². The molecule has 0 saturated heterocycles. The Kier molecular flexibility index (Phi) is 2.97. The summed E-state index contributed by atoms with van der Waals surface area (Å²) in [4.78, 5) is 10.9. The maximum atomic E-state index is 13.5. The number of amides is 1. The zero-order valence-electron chi connectivity index (χ0n) is 9.15. The number of hydrogen-bond donors (Lipinski definition) is 2. The van der Waals surface area contributed by atoms with E-state index >= 15 is 0 Å². The van der Waals surface area contributed by atoms with E-state index in [0.717, 1.165) is 24.3 Å². The van der Waals surface area contributed by atoms with E-state index in [4.69, 9.17) is 5.73 Å².